The number of hydrogen-bond acceptors (Lipinski definition) is 6. The standard InChI is InChI=1S/C38H34N4OS.C19H26GeN.Ir/c1-19(2)27-18-28-24-11-8-9-13-30(24)43-36(28)32(20(3)4)35(27)42-34-23(7)39-22(6)17-29(34)41-37(42)25-12-10-14-31-33(25)26-16-15-21(5)40-38(26)44-31;1-19(2,3)13-16-12-18(15-10-8-7-9-11-15)21-14-17(16)20(4,5)6;/h8-11,13-20,37H,1-7H3;7-10,12,14H,13H2,1-6H3;/q-2;-1;+3/i5D3;13D2;. The number of para-hydroxylation sites is 1. The van der Waals surface area contributed by atoms with Crippen molar-refractivity contribution >= 4 is 88.3 Å². The SMILES string of the molecule is [2H]C([2H])([2H])c1ccc2c(n1)sc1cc[c-]c(C3[N-]c4cc(C)nc(C)c4N3c3c(C(C)C)cc4c(oc5ccccc54)c3C(C)C)c12.[2H]C([2H])(c1cc(-c2[c-]cccc2)nc[c]1[Ge]([CH3])([CH3])[CH3])C(C)(C)C.[Ir+3]. The van der Waals surface area contributed by atoms with Crippen LogP contribution in [0.3, 0.4) is 0 Å². The molecule has 66 heavy (non-hydrogen) atoms. The second kappa shape index (κ2) is 18.3. The third-order valence-corrected chi connectivity index (χ3v) is 17.3. The summed E-state index contributed by atoms with van der Waals surface area (Å²) < 4.78 is 50.1. The Morgan fingerprint density at radius 1 is 0.864 bits per heavy atom. The summed E-state index contributed by atoms with van der Waals surface area (Å²) in [5.74, 6) is 7.20. The van der Waals surface area contributed by atoms with Crippen LogP contribution < -0.4 is 9.30 Å². The molecule has 10 rings (SSSR count). The molecule has 0 N–H and O–H groups in total. The van der Waals surface area contributed by atoms with Gasteiger partial charge in [0, 0.05) is 37.5 Å². The Morgan fingerprint density at radius 3 is 2.33 bits per heavy atom. The zero-order valence-electron chi connectivity index (χ0n) is 44.9. The van der Waals surface area contributed by atoms with Gasteiger partial charge in [0.1, 0.15) is 16.0 Å². The molecule has 1 atom stereocenters. The number of pyridine rings is 3. The molecule has 0 aliphatic carbocycles. The maximum absolute atomic E-state index is 8.76. The molecule has 0 saturated carbocycles. The summed E-state index contributed by atoms with van der Waals surface area (Å²) in [6.45, 7) is 16.6. The Morgan fingerprint density at radius 2 is 1.64 bits per heavy atom. The molecule has 0 amide bonds. The van der Waals surface area contributed by atoms with E-state index >= 15 is 0 Å². The normalized spacial score (nSPS) is 15.5. The van der Waals surface area contributed by atoms with Crippen molar-refractivity contribution in [1.82, 2.24) is 15.0 Å². The van der Waals surface area contributed by atoms with Gasteiger partial charge in [-0.05, 0) is 67.8 Å². The fourth-order valence-electron chi connectivity index (χ4n) is 9.21. The van der Waals surface area contributed by atoms with Gasteiger partial charge in [-0.25, -0.2) is 4.98 Å². The van der Waals surface area contributed by atoms with Gasteiger partial charge < -0.3 is 14.6 Å². The molecule has 0 fully saturated rings. The van der Waals surface area contributed by atoms with Crippen molar-refractivity contribution in [3.63, 3.8) is 0 Å². The smallest absolute Gasteiger partial charge is 3.00 e. The largest absolute Gasteiger partial charge is 3.00 e. The van der Waals surface area contributed by atoms with Crippen LogP contribution >= 0.6 is 11.3 Å². The van der Waals surface area contributed by atoms with Gasteiger partial charge >= 0.3 is 155 Å². The molecular formula is C57H60GeIrN5OS. The molecule has 338 valence electrons. The predicted molar refractivity (Wildman–Crippen MR) is 279 cm³/mol. The fourth-order valence-corrected chi connectivity index (χ4v) is 13.2. The van der Waals surface area contributed by atoms with Gasteiger partial charge in [-0.15, -0.1) is 28.0 Å². The summed E-state index contributed by atoms with van der Waals surface area (Å²) in [6, 6.07) is 36.6. The number of anilines is 2. The second-order valence-corrected chi connectivity index (χ2v) is 31.5. The molecule has 1 unspecified atom stereocenters. The van der Waals surface area contributed by atoms with Crippen LogP contribution in [0.4, 0.5) is 17.1 Å². The van der Waals surface area contributed by atoms with Gasteiger partial charge in [0.15, 0.2) is 0 Å². The number of furan rings is 1. The van der Waals surface area contributed by atoms with Crippen LogP contribution in [0.1, 0.15) is 113 Å². The molecule has 6 nitrogen and oxygen atoms in total. The van der Waals surface area contributed by atoms with Gasteiger partial charge in [-0.2, -0.15) is 18.2 Å². The molecule has 6 heterocycles. The van der Waals surface area contributed by atoms with E-state index in [9.17, 15) is 0 Å². The number of benzene rings is 4. The van der Waals surface area contributed by atoms with E-state index in [4.69, 9.17) is 21.6 Å². The number of aromatic nitrogens is 3. The van der Waals surface area contributed by atoms with Crippen LogP contribution in [0, 0.1) is 38.2 Å². The zero-order chi connectivity index (χ0) is 50.4. The average Bonchev–Trinajstić information content (AvgIpc) is 3.98. The number of fused-ring (bicyclic) bond motifs is 7. The molecule has 1 aliphatic rings. The van der Waals surface area contributed by atoms with Gasteiger partial charge in [0.2, 0.25) is 0 Å². The van der Waals surface area contributed by atoms with Crippen LogP contribution in [0.15, 0.2) is 102 Å². The first kappa shape index (κ1) is 41.3. The van der Waals surface area contributed by atoms with Crippen LogP contribution in [-0.2, 0) is 26.5 Å². The second-order valence-electron chi connectivity index (χ2n) is 19.9. The summed E-state index contributed by atoms with van der Waals surface area (Å²) in [4.78, 5) is 17.2. The molecule has 1 aliphatic heterocycles. The Balaban J connectivity index is 0.000000238. The van der Waals surface area contributed by atoms with Crippen molar-refractivity contribution < 1.29 is 31.4 Å². The Bertz CT molecular complexity index is 3470. The third kappa shape index (κ3) is 8.99. The number of thiophene rings is 1. The first-order chi connectivity index (χ1) is 32.9. The van der Waals surface area contributed by atoms with Crippen molar-refractivity contribution in [2.45, 2.75) is 111 Å². The van der Waals surface area contributed by atoms with E-state index in [1.807, 2.05) is 94.6 Å². The molecule has 9 heteroatoms. The van der Waals surface area contributed by atoms with Crippen molar-refractivity contribution in [1.29, 1.82) is 0 Å². The minimum atomic E-state index is -2.28. The van der Waals surface area contributed by atoms with Crippen molar-refractivity contribution in [2.24, 2.45) is 5.41 Å². The molecule has 0 saturated heterocycles. The van der Waals surface area contributed by atoms with Crippen LogP contribution in [0.5, 0.6) is 0 Å². The van der Waals surface area contributed by atoms with Gasteiger partial charge in [0.25, 0.3) is 0 Å². The van der Waals surface area contributed by atoms with Crippen molar-refractivity contribution in [3.05, 3.63) is 154 Å². The topological polar surface area (TPSA) is 69.2 Å². The van der Waals surface area contributed by atoms with E-state index in [1.54, 1.807) is 6.07 Å². The van der Waals surface area contributed by atoms with E-state index in [2.05, 4.69) is 103 Å². The van der Waals surface area contributed by atoms with E-state index in [0.29, 0.717) is 4.83 Å². The quantitative estimate of drug-likeness (QED) is 0.117. The maximum atomic E-state index is 8.76. The molecule has 9 aromatic rings. The molecular weight excluding hydrogens is 1070 g/mol. The first-order valence-electron chi connectivity index (χ1n) is 25.1. The molecule has 0 bridgehead atoms. The fraction of sp³-hybridized carbons (Fsp3) is 0.316. The van der Waals surface area contributed by atoms with E-state index in [1.165, 1.54) is 16.9 Å². The first-order valence-corrected chi connectivity index (χ1v) is 30.7. The number of aryl methyl sites for hydroxylation is 3. The summed E-state index contributed by atoms with van der Waals surface area (Å²) in [5.41, 5.74) is 12.0. The molecule has 0 radical (unpaired) electrons. The Labute approximate surface area is 418 Å². The summed E-state index contributed by atoms with van der Waals surface area (Å²) >= 11 is -0.738. The Kier molecular flexibility index (Phi) is 11.5. The summed E-state index contributed by atoms with van der Waals surface area (Å²) in [5, 5.41) is 9.57. The Hall–Kier alpha value is -4.86. The number of rotatable bonds is 7. The van der Waals surface area contributed by atoms with Crippen molar-refractivity contribution in [3.8, 4) is 11.3 Å². The van der Waals surface area contributed by atoms with E-state index < -0.39 is 38.1 Å². The predicted octanol–water partition coefficient (Wildman–Crippen LogP) is 16.3. The minimum Gasteiger partial charge on any atom is 3.00 e. The summed E-state index contributed by atoms with van der Waals surface area (Å²) in [6.07, 6.45) is 0.0514. The van der Waals surface area contributed by atoms with E-state index in [-0.39, 0.29) is 37.6 Å². The zero-order valence-corrected chi connectivity index (χ0v) is 45.2. The molecule has 5 aromatic heterocycles. The molecule has 0 spiro atoms. The van der Waals surface area contributed by atoms with Gasteiger partial charge in [0.05, 0.1) is 11.4 Å². The third-order valence-electron chi connectivity index (χ3n) is 12.0. The van der Waals surface area contributed by atoms with Crippen LogP contribution in [-0.4, -0.2) is 28.2 Å². The maximum Gasteiger partial charge on any atom is 3.00 e. The van der Waals surface area contributed by atoms with Crippen LogP contribution in [0.2, 0.25) is 17.3 Å². The van der Waals surface area contributed by atoms with E-state index in [0.717, 1.165) is 98.2 Å². The summed E-state index contributed by atoms with van der Waals surface area (Å²) in [7, 11) is 0. The van der Waals surface area contributed by atoms with Gasteiger partial charge in [-0.1, -0.05) is 62.7 Å². The monoisotopic (exact) mass is 1130 g/mol. The van der Waals surface area contributed by atoms with Gasteiger partial charge in [-0.3, -0.25) is 4.98 Å². The minimum absolute atomic E-state index is 0. The number of hydrogen-bond donors (Lipinski definition) is 0. The van der Waals surface area contributed by atoms with Crippen LogP contribution in [0.25, 0.3) is 58.8 Å². The molecule has 4 aromatic carbocycles. The van der Waals surface area contributed by atoms with Crippen molar-refractivity contribution in [2.75, 3.05) is 4.90 Å². The number of nitrogens with zero attached hydrogens (tertiary/aromatic N) is 5. The average molecular weight is 1130 g/mol.